The van der Waals surface area contributed by atoms with Gasteiger partial charge in [-0.3, -0.25) is 4.99 Å². The van der Waals surface area contributed by atoms with Gasteiger partial charge in [0, 0.05) is 33.9 Å². The lowest BCUT2D eigenvalue weighted by Gasteiger charge is -2.42. The number of aryl methyl sites for hydroxylation is 1. The quantitative estimate of drug-likeness (QED) is 0.297. The van der Waals surface area contributed by atoms with Gasteiger partial charge in [-0.2, -0.15) is 10.4 Å². The highest BCUT2D eigenvalue weighted by Crippen LogP contribution is 2.43. The van der Waals surface area contributed by atoms with Crippen molar-refractivity contribution < 1.29 is 9.13 Å². The molecule has 32 heavy (non-hydrogen) atoms. The number of anilines is 1. The molecule has 1 aliphatic rings. The van der Waals surface area contributed by atoms with Crippen LogP contribution in [0.4, 0.5) is 10.2 Å². The summed E-state index contributed by atoms with van der Waals surface area (Å²) in [4.78, 5) is 4.31. The maximum absolute atomic E-state index is 13.2. The van der Waals surface area contributed by atoms with E-state index in [1.165, 1.54) is 36.1 Å². The molecule has 3 rings (SSSR count). The molecule has 1 aromatic carbocycles. The number of nitrogens with one attached hydrogen (secondary N) is 2. The second kappa shape index (κ2) is 11.0. The van der Waals surface area contributed by atoms with Gasteiger partial charge in [0.05, 0.1) is 11.4 Å². The molecule has 172 valence electrons. The summed E-state index contributed by atoms with van der Waals surface area (Å²) in [5.74, 6) is 0.696. The van der Waals surface area contributed by atoms with Gasteiger partial charge in [-0.15, -0.1) is 0 Å². The summed E-state index contributed by atoms with van der Waals surface area (Å²) in [6.07, 6.45) is 6.10. The van der Waals surface area contributed by atoms with Crippen LogP contribution in [0, 0.1) is 22.6 Å². The number of hydrogen-bond acceptors (Lipinski definition) is 5. The largest absolute Gasteiger partial charge is 0.385 e. The highest BCUT2D eigenvalue weighted by molar-refractivity contribution is 5.79. The minimum Gasteiger partial charge on any atom is -0.385 e. The molecule has 1 fully saturated rings. The Morgan fingerprint density at radius 2 is 2.09 bits per heavy atom. The Labute approximate surface area is 188 Å². The molecule has 9 heteroatoms. The number of guanidine groups is 1. The maximum atomic E-state index is 13.2. The van der Waals surface area contributed by atoms with Crippen LogP contribution in [0.2, 0.25) is 0 Å². The van der Waals surface area contributed by atoms with Gasteiger partial charge in [0.1, 0.15) is 23.3 Å². The molecule has 1 saturated carbocycles. The average molecular weight is 442 g/mol. The Bertz CT molecular complexity index is 958. The first kappa shape index (κ1) is 23.5. The minimum absolute atomic E-state index is 0.265. The van der Waals surface area contributed by atoms with E-state index in [0.717, 1.165) is 32.0 Å². The van der Waals surface area contributed by atoms with Gasteiger partial charge in [-0.25, -0.2) is 9.07 Å². The zero-order valence-corrected chi connectivity index (χ0v) is 18.8. The van der Waals surface area contributed by atoms with Crippen molar-refractivity contribution in [2.24, 2.45) is 10.4 Å². The molecule has 0 amide bonds. The number of aromatic nitrogens is 2. The van der Waals surface area contributed by atoms with Gasteiger partial charge in [-0.1, -0.05) is 6.42 Å². The van der Waals surface area contributed by atoms with E-state index in [0.29, 0.717) is 35.3 Å². The minimum atomic E-state index is -0.338. The molecular formula is C23H32FN7O. The fourth-order valence-electron chi connectivity index (χ4n) is 4.02. The smallest absolute Gasteiger partial charge is 0.190 e. The number of nitrogen functional groups attached to an aromatic ring is 1. The molecule has 0 saturated heterocycles. The van der Waals surface area contributed by atoms with Gasteiger partial charge < -0.3 is 21.1 Å². The number of benzene rings is 1. The number of ether oxygens (including phenoxy) is 1. The maximum Gasteiger partial charge on any atom is 0.190 e. The van der Waals surface area contributed by atoms with E-state index in [-0.39, 0.29) is 11.6 Å². The van der Waals surface area contributed by atoms with Crippen LogP contribution in [0.5, 0.6) is 0 Å². The molecule has 4 N–H and O–H groups in total. The third kappa shape index (κ3) is 5.56. The zero-order valence-electron chi connectivity index (χ0n) is 18.8. The summed E-state index contributed by atoms with van der Waals surface area (Å²) in [6.45, 7) is 2.34. The van der Waals surface area contributed by atoms with E-state index in [1.807, 2.05) is 0 Å². The number of nitrogens with two attached hydrogens (primary N) is 1. The molecule has 2 aromatic rings. The van der Waals surface area contributed by atoms with Crippen molar-refractivity contribution in [2.45, 2.75) is 38.5 Å². The molecule has 0 aliphatic heterocycles. The molecule has 0 atom stereocenters. The van der Waals surface area contributed by atoms with E-state index in [9.17, 15) is 9.65 Å². The highest BCUT2D eigenvalue weighted by atomic mass is 19.1. The first-order chi connectivity index (χ1) is 15.5. The third-order valence-corrected chi connectivity index (χ3v) is 6.16. The van der Waals surface area contributed by atoms with Crippen LogP contribution in [-0.2, 0) is 11.2 Å². The standard InChI is InChI=1S/C23H32FN7O/c1-27-22(29-16-23(10-4-11-23)12-14-32-2)28-13-3-5-20-19(15-25)21(26)31(30-20)18-8-6-17(24)7-9-18/h6-9H,3-5,10-14,16,26H2,1-2H3,(H2,27,28,29). The van der Waals surface area contributed by atoms with E-state index in [2.05, 4.69) is 26.8 Å². The Morgan fingerprint density at radius 3 is 2.69 bits per heavy atom. The van der Waals surface area contributed by atoms with Crippen molar-refractivity contribution >= 4 is 11.8 Å². The number of hydrogen-bond donors (Lipinski definition) is 3. The second-order valence-electron chi connectivity index (χ2n) is 8.26. The Morgan fingerprint density at radius 1 is 1.34 bits per heavy atom. The molecular weight excluding hydrogens is 409 g/mol. The Balaban J connectivity index is 1.52. The number of methoxy groups -OCH3 is 1. The third-order valence-electron chi connectivity index (χ3n) is 6.16. The van der Waals surface area contributed by atoms with Gasteiger partial charge in [0.2, 0.25) is 0 Å². The fourth-order valence-corrected chi connectivity index (χ4v) is 4.02. The van der Waals surface area contributed by atoms with Crippen LogP contribution >= 0.6 is 0 Å². The van der Waals surface area contributed by atoms with Crippen molar-refractivity contribution in [3.63, 3.8) is 0 Å². The first-order valence-electron chi connectivity index (χ1n) is 11.0. The van der Waals surface area contributed by atoms with Crippen LogP contribution in [-0.4, -0.2) is 49.6 Å². The lowest BCUT2D eigenvalue weighted by molar-refractivity contribution is 0.0732. The number of rotatable bonds is 10. The first-order valence-corrected chi connectivity index (χ1v) is 11.0. The molecule has 1 aromatic heterocycles. The highest BCUT2D eigenvalue weighted by Gasteiger charge is 2.36. The SMILES string of the molecule is CN=C(NCCCc1nn(-c2ccc(F)cc2)c(N)c1C#N)NCC1(CCOC)CCC1. The second-order valence-corrected chi connectivity index (χ2v) is 8.26. The van der Waals surface area contributed by atoms with Crippen LogP contribution in [0.1, 0.15) is 43.4 Å². The lowest BCUT2D eigenvalue weighted by Crippen LogP contribution is -2.47. The summed E-state index contributed by atoms with van der Waals surface area (Å²) >= 11 is 0. The summed E-state index contributed by atoms with van der Waals surface area (Å²) in [6, 6.07) is 8.00. The fraction of sp³-hybridized carbons (Fsp3) is 0.522. The Hall–Kier alpha value is -3.12. The number of halogens is 1. The van der Waals surface area contributed by atoms with Crippen molar-refractivity contribution in [2.75, 3.05) is 39.6 Å². The van der Waals surface area contributed by atoms with Crippen LogP contribution < -0.4 is 16.4 Å². The van der Waals surface area contributed by atoms with E-state index < -0.39 is 0 Å². The summed E-state index contributed by atoms with van der Waals surface area (Å²) in [5, 5.41) is 20.8. The van der Waals surface area contributed by atoms with E-state index >= 15 is 0 Å². The van der Waals surface area contributed by atoms with Gasteiger partial charge in [0.15, 0.2) is 5.96 Å². The van der Waals surface area contributed by atoms with Crippen LogP contribution in [0.25, 0.3) is 5.69 Å². The van der Waals surface area contributed by atoms with Crippen molar-refractivity contribution in [1.29, 1.82) is 5.26 Å². The molecule has 1 aliphatic carbocycles. The number of aliphatic imine (C=N–C) groups is 1. The van der Waals surface area contributed by atoms with Gasteiger partial charge in [0.25, 0.3) is 0 Å². The topological polar surface area (TPSA) is 113 Å². The normalized spacial score (nSPS) is 15.1. The van der Waals surface area contributed by atoms with E-state index in [4.69, 9.17) is 10.5 Å². The van der Waals surface area contributed by atoms with Crippen LogP contribution in [0.15, 0.2) is 29.3 Å². The van der Waals surface area contributed by atoms with Gasteiger partial charge in [-0.05, 0) is 61.8 Å². The summed E-state index contributed by atoms with van der Waals surface area (Å²) in [5.41, 5.74) is 8.04. The summed E-state index contributed by atoms with van der Waals surface area (Å²) < 4.78 is 20.0. The van der Waals surface area contributed by atoms with Crippen molar-refractivity contribution in [1.82, 2.24) is 20.4 Å². The predicted molar refractivity (Wildman–Crippen MR) is 123 cm³/mol. The average Bonchev–Trinajstić information content (AvgIpc) is 3.09. The van der Waals surface area contributed by atoms with Gasteiger partial charge >= 0.3 is 0 Å². The Kier molecular flexibility index (Phi) is 8.06. The van der Waals surface area contributed by atoms with Crippen molar-refractivity contribution in [3.8, 4) is 11.8 Å². The zero-order chi connectivity index (χ0) is 23.0. The van der Waals surface area contributed by atoms with Crippen molar-refractivity contribution in [3.05, 3.63) is 41.3 Å². The van der Waals surface area contributed by atoms with E-state index in [1.54, 1.807) is 26.3 Å². The summed E-state index contributed by atoms with van der Waals surface area (Å²) in [7, 11) is 3.51. The number of nitrogens with zero attached hydrogens (tertiary/aromatic N) is 4. The molecule has 8 nitrogen and oxygen atoms in total. The number of nitriles is 1. The molecule has 0 unspecified atom stereocenters. The predicted octanol–water partition coefficient (Wildman–Crippen LogP) is 2.77. The molecule has 1 heterocycles. The lowest BCUT2D eigenvalue weighted by atomic mass is 9.67. The molecule has 0 bridgehead atoms. The van der Waals surface area contributed by atoms with Crippen LogP contribution in [0.3, 0.4) is 0 Å². The monoisotopic (exact) mass is 441 g/mol. The molecule has 0 radical (unpaired) electrons. The molecule has 0 spiro atoms.